The van der Waals surface area contributed by atoms with E-state index in [4.69, 9.17) is 9.15 Å². The number of rotatable bonds is 3. The van der Waals surface area contributed by atoms with E-state index in [0.717, 1.165) is 45.3 Å². The van der Waals surface area contributed by atoms with Gasteiger partial charge >= 0.3 is 0 Å². The van der Waals surface area contributed by atoms with Gasteiger partial charge in [-0.3, -0.25) is 4.79 Å². The van der Waals surface area contributed by atoms with Crippen LogP contribution in [0.3, 0.4) is 0 Å². The maximum atomic E-state index is 13.1. The zero-order valence-corrected chi connectivity index (χ0v) is 16.8. The molecule has 152 valence electrons. The monoisotopic (exact) mass is 388 g/mol. The summed E-state index contributed by atoms with van der Waals surface area (Å²) < 4.78 is 13.1. The van der Waals surface area contributed by atoms with E-state index in [1.54, 1.807) is 15.9 Å². The van der Waals surface area contributed by atoms with Crippen molar-refractivity contribution in [2.75, 3.05) is 19.8 Å². The number of amides is 1. The molecule has 28 heavy (non-hydrogen) atoms. The van der Waals surface area contributed by atoms with Gasteiger partial charge in [0.15, 0.2) is 0 Å². The predicted octanol–water partition coefficient (Wildman–Crippen LogP) is 2.68. The molecule has 4 heterocycles. The lowest BCUT2D eigenvalue weighted by Crippen LogP contribution is -2.39. The summed E-state index contributed by atoms with van der Waals surface area (Å²) in [5.74, 6) is 1.45. The summed E-state index contributed by atoms with van der Waals surface area (Å²) in [7, 11) is 0. The molecule has 0 aromatic carbocycles. The van der Waals surface area contributed by atoms with Crippen LogP contribution >= 0.6 is 0 Å². The van der Waals surface area contributed by atoms with Crippen molar-refractivity contribution < 1.29 is 13.9 Å². The second-order valence-corrected chi connectivity index (χ2v) is 8.56. The van der Waals surface area contributed by atoms with Gasteiger partial charge < -0.3 is 14.1 Å². The van der Waals surface area contributed by atoms with Crippen molar-refractivity contribution in [3.63, 3.8) is 0 Å². The lowest BCUT2D eigenvalue weighted by Gasteiger charge is -2.32. The van der Waals surface area contributed by atoms with Crippen molar-refractivity contribution in [1.82, 2.24) is 29.9 Å². The Balaban J connectivity index is 1.54. The Morgan fingerprint density at radius 2 is 1.86 bits per heavy atom. The maximum absolute atomic E-state index is 13.1. The van der Waals surface area contributed by atoms with Crippen LogP contribution in [0.4, 0.5) is 0 Å². The number of likely N-dealkylation sites (tertiary alicyclic amines) is 1. The van der Waals surface area contributed by atoms with Crippen LogP contribution in [0.25, 0.3) is 0 Å². The van der Waals surface area contributed by atoms with Gasteiger partial charge in [-0.15, -0.1) is 15.3 Å². The predicted molar refractivity (Wildman–Crippen MR) is 99.7 cm³/mol. The molecule has 2 fully saturated rings. The highest BCUT2D eigenvalue weighted by Crippen LogP contribution is 2.33. The van der Waals surface area contributed by atoms with E-state index in [1.807, 2.05) is 20.8 Å². The molecule has 0 bridgehead atoms. The first-order chi connectivity index (χ1) is 13.4. The number of hydrogen-bond acceptors (Lipinski definition) is 7. The van der Waals surface area contributed by atoms with Crippen molar-refractivity contribution in [2.24, 2.45) is 0 Å². The van der Waals surface area contributed by atoms with Crippen LogP contribution in [0.2, 0.25) is 0 Å². The number of hydrogen-bond donors (Lipinski definition) is 0. The van der Waals surface area contributed by atoms with Gasteiger partial charge in [-0.25, -0.2) is 9.67 Å². The molecular weight excluding hydrogens is 360 g/mol. The Hall–Kier alpha value is -2.29. The second-order valence-electron chi connectivity index (χ2n) is 8.56. The third kappa shape index (κ3) is 3.80. The molecule has 2 aliphatic heterocycles. The molecule has 0 N–H and O–H groups in total. The van der Waals surface area contributed by atoms with Crippen molar-refractivity contribution in [3.8, 4) is 0 Å². The highest BCUT2D eigenvalue weighted by molar-refractivity contribution is 5.90. The van der Waals surface area contributed by atoms with E-state index in [2.05, 4.69) is 20.3 Å². The number of nitrogens with zero attached hydrogens (tertiary/aromatic N) is 6. The zero-order chi connectivity index (χ0) is 19.7. The average molecular weight is 388 g/mol. The van der Waals surface area contributed by atoms with Crippen molar-refractivity contribution in [3.05, 3.63) is 23.9 Å². The van der Waals surface area contributed by atoms with Gasteiger partial charge in [-0.05, 0) is 52.9 Å². The fourth-order valence-corrected chi connectivity index (χ4v) is 3.73. The minimum absolute atomic E-state index is 0.182. The van der Waals surface area contributed by atoms with E-state index >= 15 is 0 Å². The molecular formula is C19H28N6O3. The van der Waals surface area contributed by atoms with E-state index in [9.17, 15) is 4.79 Å². The fraction of sp³-hybridized carbons (Fsp3) is 0.737. The van der Waals surface area contributed by atoms with E-state index in [1.165, 1.54) is 0 Å². The quantitative estimate of drug-likeness (QED) is 0.797. The Bertz CT molecular complexity index is 818. The number of piperidine rings is 1. The topological polar surface area (TPSA) is 99.2 Å². The number of carbonyl (C=O) groups excluding carboxylic acids is 1. The molecule has 1 amide bonds. The molecule has 1 unspecified atom stereocenters. The van der Waals surface area contributed by atoms with Crippen LogP contribution in [0.15, 0.2) is 10.7 Å². The third-order valence-corrected chi connectivity index (χ3v) is 5.45. The summed E-state index contributed by atoms with van der Waals surface area (Å²) in [5, 5.41) is 13.0. The van der Waals surface area contributed by atoms with Gasteiger partial charge in [-0.1, -0.05) is 0 Å². The van der Waals surface area contributed by atoms with Gasteiger partial charge in [0.2, 0.25) is 17.6 Å². The van der Waals surface area contributed by atoms with Gasteiger partial charge in [0.25, 0.3) is 5.91 Å². The van der Waals surface area contributed by atoms with Crippen molar-refractivity contribution in [1.29, 1.82) is 0 Å². The average Bonchev–Trinajstić information content (AvgIpc) is 3.38. The summed E-state index contributed by atoms with van der Waals surface area (Å²) >= 11 is 0. The van der Waals surface area contributed by atoms with Crippen LogP contribution in [-0.2, 0) is 10.3 Å². The van der Waals surface area contributed by atoms with E-state index in [0.29, 0.717) is 18.3 Å². The summed E-state index contributed by atoms with van der Waals surface area (Å²) in [6, 6.07) is -0.219. The first kappa shape index (κ1) is 19.0. The highest BCUT2D eigenvalue weighted by Gasteiger charge is 2.35. The molecule has 9 nitrogen and oxygen atoms in total. The highest BCUT2D eigenvalue weighted by atomic mass is 16.5. The van der Waals surface area contributed by atoms with Crippen molar-refractivity contribution in [2.45, 2.75) is 70.4 Å². The molecule has 0 saturated carbocycles. The SMILES string of the molecule is CC(C)(C)n1cnc(C(=O)N2CCCCC2c2nnc(C3CCOCC3)o2)n1. The first-order valence-corrected chi connectivity index (χ1v) is 10.1. The van der Waals surface area contributed by atoms with Crippen LogP contribution in [-0.4, -0.2) is 55.5 Å². The standard InChI is InChI=1S/C19H28N6O3/c1-19(2,3)25-12-20-15(23-25)18(26)24-9-5-4-6-14(24)17-22-21-16(28-17)13-7-10-27-11-8-13/h12-14H,4-11H2,1-3H3. The van der Waals surface area contributed by atoms with Gasteiger partial charge in [0, 0.05) is 25.7 Å². The van der Waals surface area contributed by atoms with E-state index < -0.39 is 0 Å². The Labute approximate surface area is 164 Å². The smallest absolute Gasteiger partial charge is 0.294 e. The molecule has 2 aromatic rings. The van der Waals surface area contributed by atoms with Crippen LogP contribution in [0, 0.1) is 0 Å². The minimum Gasteiger partial charge on any atom is -0.423 e. The third-order valence-electron chi connectivity index (χ3n) is 5.45. The van der Waals surface area contributed by atoms with Crippen LogP contribution < -0.4 is 0 Å². The largest absolute Gasteiger partial charge is 0.423 e. The molecule has 9 heteroatoms. The van der Waals surface area contributed by atoms with Gasteiger partial charge in [0.1, 0.15) is 12.4 Å². The Morgan fingerprint density at radius 1 is 1.11 bits per heavy atom. The maximum Gasteiger partial charge on any atom is 0.294 e. The summed E-state index contributed by atoms with van der Waals surface area (Å²) in [5.41, 5.74) is -0.224. The first-order valence-electron chi connectivity index (χ1n) is 10.1. The summed E-state index contributed by atoms with van der Waals surface area (Å²) in [6.07, 6.45) is 6.17. The number of carbonyl (C=O) groups is 1. The molecule has 1 atom stereocenters. The lowest BCUT2D eigenvalue weighted by atomic mass is 10.0. The van der Waals surface area contributed by atoms with Gasteiger partial charge in [-0.2, -0.15) is 0 Å². The normalized spacial score (nSPS) is 21.8. The molecule has 0 spiro atoms. The molecule has 4 rings (SSSR count). The van der Waals surface area contributed by atoms with Crippen LogP contribution in [0.5, 0.6) is 0 Å². The molecule has 0 aliphatic carbocycles. The van der Waals surface area contributed by atoms with Gasteiger partial charge in [0.05, 0.1) is 5.54 Å². The van der Waals surface area contributed by atoms with E-state index in [-0.39, 0.29) is 29.2 Å². The second kappa shape index (κ2) is 7.62. The summed E-state index contributed by atoms with van der Waals surface area (Å²) in [6.45, 7) is 8.15. The summed E-state index contributed by atoms with van der Waals surface area (Å²) in [4.78, 5) is 19.1. The molecule has 0 radical (unpaired) electrons. The van der Waals surface area contributed by atoms with Crippen LogP contribution in [0.1, 0.15) is 87.2 Å². The number of aromatic nitrogens is 5. The Morgan fingerprint density at radius 3 is 2.57 bits per heavy atom. The fourth-order valence-electron chi connectivity index (χ4n) is 3.73. The molecule has 2 saturated heterocycles. The zero-order valence-electron chi connectivity index (χ0n) is 16.8. The molecule has 2 aliphatic rings. The van der Waals surface area contributed by atoms with Crippen molar-refractivity contribution >= 4 is 5.91 Å². The molecule has 2 aromatic heterocycles. The lowest BCUT2D eigenvalue weighted by molar-refractivity contribution is 0.0548. The minimum atomic E-state index is -0.224. The number of ether oxygens (including phenoxy) is 1. The Kier molecular flexibility index (Phi) is 5.18.